The lowest BCUT2D eigenvalue weighted by atomic mass is 10.2. The zero-order valence-electron chi connectivity index (χ0n) is 9.87. The van der Waals surface area contributed by atoms with Crippen molar-refractivity contribution < 1.29 is 9.53 Å². The normalized spacial score (nSPS) is 23.7. The number of aryl methyl sites for hydroxylation is 1. The molecule has 1 fully saturated rings. The molecule has 0 unspecified atom stereocenters. The van der Waals surface area contributed by atoms with Crippen molar-refractivity contribution in [2.24, 2.45) is 0 Å². The van der Waals surface area contributed by atoms with E-state index in [9.17, 15) is 4.79 Å². The summed E-state index contributed by atoms with van der Waals surface area (Å²) in [5.41, 5.74) is 1.04. The molecule has 0 saturated carbocycles. The summed E-state index contributed by atoms with van der Waals surface area (Å²) in [7, 11) is 0. The van der Waals surface area contributed by atoms with Crippen LogP contribution >= 0.6 is 15.9 Å². The van der Waals surface area contributed by atoms with E-state index < -0.39 is 0 Å². The van der Waals surface area contributed by atoms with Gasteiger partial charge in [-0.1, -0.05) is 0 Å². The molecule has 1 saturated heterocycles. The number of carbonyl (C=O) groups is 1. The molecule has 0 radical (unpaired) electrons. The molecule has 0 spiro atoms. The molecular formula is C12H15BrN2O2. The Morgan fingerprint density at radius 2 is 2.35 bits per heavy atom. The van der Waals surface area contributed by atoms with Gasteiger partial charge in [0, 0.05) is 6.20 Å². The average Bonchev–Trinajstić information content (AvgIpc) is 2.69. The van der Waals surface area contributed by atoms with Crippen molar-refractivity contribution >= 4 is 27.7 Å². The van der Waals surface area contributed by atoms with Crippen LogP contribution in [0.15, 0.2) is 16.7 Å². The lowest BCUT2D eigenvalue weighted by Gasteiger charge is -2.12. The first-order chi connectivity index (χ1) is 8.06. The Labute approximate surface area is 109 Å². The van der Waals surface area contributed by atoms with E-state index in [0.29, 0.717) is 5.82 Å². The molecule has 0 aromatic carbocycles. The molecule has 0 aliphatic carbocycles. The molecule has 2 atom stereocenters. The van der Waals surface area contributed by atoms with E-state index in [1.807, 2.05) is 19.9 Å². The van der Waals surface area contributed by atoms with Gasteiger partial charge in [-0.3, -0.25) is 4.79 Å². The number of nitrogens with zero attached hydrogens (tertiary/aromatic N) is 1. The Hall–Kier alpha value is -0.940. The lowest BCUT2D eigenvalue weighted by molar-refractivity contribution is -0.126. The van der Waals surface area contributed by atoms with E-state index in [2.05, 4.69) is 26.2 Å². The number of aromatic nitrogens is 1. The van der Waals surface area contributed by atoms with Crippen LogP contribution in [0.1, 0.15) is 25.3 Å². The summed E-state index contributed by atoms with van der Waals surface area (Å²) >= 11 is 3.38. The third-order valence-electron chi connectivity index (χ3n) is 2.74. The summed E-state index contributed by atoms with van der Waals surface area (Å²) in [6.07, 6.45) is 3.25. The van der Waals surface area contributed by atoms with Crippen LogP contribution in [0.2, 0.25) is 0 Å². The number of halogens is 1. The lowest BCUT2D eigenvalue weighted by Crippen LogP contribution is -2.28. The van der Waals surface area contributed by atoms with E-state index in [1.165, 1.54) is 0 Å². The smallest absolute Gasteiger partial charge is 0.254 e. The fourth-order valence-electron chi connectivity index (χ4n) is 1.82. The highest BCUT2D eigenvalue weighted by Gasteiger charge is 2.28. The van der Waals surface area contributed by atoms with Gasteiger partial charge in [0.25, 0.3) is 5.91 Å². The summed E-state index contributed by atoms with van der Waals surface area (Å²) in [6, 6.07) is 1.92. The average molecular weight is 299 g/mol. The van der Waals surface area contributed by atoms with Gasteiger partial charge < -0.3 is 10.1 Å². The number of rotatable bonds is 2. The number of nitrogens with one attached hydrogen (secondary N) is 1. The second-order valence-electron chi connectivity index (χ2n) is 4.35. The Balaban J connectivity index is 2.03. The largest absolute Gasteiger partial charge is 0.365 e. The van der Waals surface area contributed by atoms with Gasteiger partial charge in [-0.15, -0.1) is 0 Å². The third-order valence-corrected chi connectivity index (χ3v) is 3.35. The van der Waals surface area contributed by atoms with Crippen LogP contribution in [-0.2, 0) is 9.53 Å². The van der Waals surface area contributed by atoms with E-state index >= 15 is 0 Å². The van der Waals surface area contributed by atoms with Crippen molar-refractivity contribution in [2.45, 2.75) is 38.9 Å². The number of pyridine rings is 1. The van der Waals surface area contributed by atoms with Gasteiger partial charge in [0.05, 0.1) is 10.6 Å². The van der Waals surface area contributed by atoms with Crippen LogP contribution < -0.4 is 5.32 Å². The first-order valence-electron chi connectivity index (χ1n) is 5.64. The highest BCUT2D eigenvalue weighted by Crippen LogP contribution is 2.23. The van der Waals surface area contributed by atoms with Gasteiger partial charge in [0.2, 0.25) is 0 Å². The second kappa shape index (κ2) is 5.14. The number of ether oxygens (including phenoxy) is 1. The minimum absolute atomic E-state index is 0.119. The molecule has 1 aromatic rings. The molecule has 0 bridgehead atoms. The summed E-state index contributed by atoms with van der Waals surface area (Å²) in [5.74, 6) is 0.426. The van der Waals surface area contributed by atoms with Gasteiger partial charge in [0.1, 0.15) is 11.9 Å². The van der Waals surface area contributed by atoms with Gasteiger partial charge in [-0.25, -0.2) is 4.98 Å². The fourth-order valence-corrected chi connectivity index (χ4v) is 2.38. The molecule has 92 valence electrons. The number of carbonyl (C=O) groups excluding carboxylic acids is 1. The minimum Gasteiger partial charge on any atom is -0.365 e. The quantitative estimate of drug-likeness (QED) is 0.913. The molecular weight excluding hydrogens is 284 g/mol. The first kappa shape index (κ1) is 12.5. The first-order valence-corrected chi connectivity index (χ1v) is 6.44. The molecule has 1 aromatic heterocycles. The maximum absolute atomic E-state index is 11.9. The predicted molar refractivity (Wildman–Crippen MR) is 68.9 cm³/mol. The van der Waals surface area contributed by atoms with Crippen LogP contribution in [-0.4, -0.2) is 23.1 Å². The van der Waals surface area contributed by atoms with Crippen LogP contribution in [0.25, 0.3) is 0 Å². The molecule has 1 N–H and O–H groups in total. The van der Waals surface area contributed by atoms with Crippen molar-refractivity contribution in [2.75, 3.05) is 5.32 Å². The van der Waals surface area contributed by atoms with Crippen molar-refractivity contribution in [3.63, 3.8) is 0 Å². The van der Waals surface area contributed by atoms with Crippen LogP contribution in [0, 0.1) is 6.92 Å². The second-order valence-corrected chi connectivity index (χ2v) is 5.20. The monoisotopic (exact) mass is 298 g/mol. The molecule has 2 heterocycles. The molecule has 1 amide bonds. The summed E-state index contributed by atoms with van der Waals surface area (Å²) in [4.78, 5) is 16.1. The maximum Gasteiger partial charge on any atom is 0.254 e. The number of amides is 1. The fraction of sp³-hybridized carbons (Fsp3) is 0.500. The molecule has 4 nitrogen and oxygen atoms in total. The van der Waals surface area contributed by atoms with Crippen LogP contribution in [0.5, 0.6) is 0 Å². The van der Waals surface area contributed by atoms with E-state index in [4.69, 9.17) is 4.74 Å². The SMILES string of the molecule is Cc1cnc(NC(=O)[C@H]2CC[C@@H](C)O2)c(Br)c1. The molecule has 5 heteroatoms. The minimum atomic E-state index is -0.347. The van der Waals surface area contributed by atoms with Gasteiger partial charge in [-0.05, 0) is 54.2 Å². The Kier molecular flexibility index (Phi) is 3.79. The Bertz CT molecular complexity index is 437. The Morgan fingerprint density at radius 1 is 1.59 bits per heavy atom. The topological polar surface area (TPSA) is 51.2 Å². The summed E-state index contributed by atoms with van der Waals surface area (Å²) in [6.45, 7) is 3.93. The maximum atomic E-state index is 11.9. The highest BCUT2D eigenvalue weighted by atomic mass is 79.9. The van der Waals surface area contributed by atoms with Crippen molar-refractivity contribution in [3.05, 3.63) is 22.3 Å². The molecule has 17 heavy (non-hydrogen) atoms. The number of anilines is 1. The molecule has 1 aliphatic heterocycles. The van der Waals surface area contributed by atoms with Crippen molar-refractivity contribution in [1.29, 1.82) is 0 Å². The Morgan fingerprint density at radius 3 is 2.94 bits per heavy atom. The summed E-state index contributed by atoms with van der Waals surface area (Å²) < 4.78 is 6.29. The van der Waals surface area contributed by atoms with Crippen molar-refractivity contribution in [1.82, 2.24) is 4.98 Å². The van der Waals surface area contributed by atoms with Crippen LogP contribution in [0.3, 0.4) is 0 Å². The zero-order chi connectivity index (χ0) is 12.4. The van der Waals surface area contributed by atoms with Gasteiger partial charge >= 0.3 is 0 Å². The standard InChI is InChI=1S/C12H15BrN2O2/c1-7-5-9(13)11(14-6-7)15-12(16)10-4-3-8(2)17-10/h5-6,8,10H,3-4H2,1-2H3,(H,14,15,16)/t8-,10-/m1/s1. The van der Waals surface area contributed by atoms with E-state index in [1.54, 1.807) is 6.20 Å². The zero-order valence-corrected chi connectivity index (χ0v) is 11.5. The summed E-state index contributed by atoms with van der Waals surface area (Å²) in [5, 5.41) is 2.78. The number of hydrogen-bond donors (Lipinski definition) is 1. The number of hydrogen-bond acceptors (Lipinski definition) is 3. The predicted octanol–water partition coefficient (Wildman–Crippen LogP) is 2.66. The van der Waals surface area contributed by atoms with Gasteiger partial charge in [-0.2, -0.15) is 0 Å². The van der Waals surface area contributed by atoms with E-state index in [-0.39, 0.29) is 18.1 Å². The van der Waals surface area contributed by atoms with Crippen LogP contribution in [0.4, 0.5) is 5.82 Å². The molecule has 1 aliphatic rings. The van der Waals surface area contributed by atoms with Crippen molar-refractivity contribution in [3.8, 4) is 0 Å². The third kappa shape index (κ3) is 3.04. The molecule has 2 rings (SSSR count). The highest BCUT2D eigenvalue weighted by molar-refractivity contribution is 9.10. The van der Waals surface area contributed by atoms with E-state index in [0.717, 1.165) is 22.9 Å². The van der Waals surface area contributed by atoms with Gasteiger partial charge in [0.15, 0.2) is 0 Å².